The van der Waals surface area contributed by atoms with Crippen LogP contribution < -0.4 is 25.3 Å². The van der Waals surface area contributed by atoms with E-state index >= 15 is 0 Å². The second-order valence-electron chi connectivity index (χ2n) is 6.57. The molecule has 0 amide bonds. The van der Waals surface area contributed by atoms with Crippen LogP contribution in [0.25, 0.3) is 17.8 Å². The molecule has 0 saturated heterocycles. The van der Waals surface area contributed by atoms with Crippen LogP contribution in [0.15, 0.2) is 23.2 Å². The molecule has 5 nitrogen and oxygen atoms in total. The smallest absolute Gasteiger partial charge is 0.144 e. The molecule has 0 fully saturated rings. The van der Waals surface area contributed by atoms with E-state index in [1.165, 1.54) is 5.56 Å². The van der Waals surface area contributed by atoms with Crippen LogP contribution in [-0.4, -0.2) is 22.2 Å². The normalized spacial score (nSPS) is 17.0. The zero-order valence-electron chi connectivity index (χ0n) is 15.2. The Labute approximate surface area is 154 Å². The highest BCUT2D eigenvalue weighted by molar-refractivity contribution is 7.10. The first-order valence-corrected chi connectivity index (χ1v) is 9.30. The minimum atomic E-state index is -0.461. The van der Waals surface area contributed by atoms with Crippen molar-refractivity contribution in [1.82, 2.24) is 9.97 Å². The van der Waals surface area contributed by atoms with E-state index in [2.05, 4.69) is 29.0 Å². The number of methoxy groups -OCH3 is 1. The number of fused-ring (bicyclic) bond motifs is 1. The molecule has 3 aromatic rings. The molecule has 0 radical (unpaired) electrons. The van der Waals surface area contributed by atoms with E-state index in [1.807, 2.05) is 25.1 Å². The molecule has 4 heterocycles. The number of thiophene rings is 1. The summed E-state index contributed by atoms with van der Waals surface area (Å²) in [6, 6.07) is 6.04. The van der Waals surface area contributed by atoms with Crippen LogP contribution in [0, 0.1) is 13.8 Å². The summed E-state index contributed by atoms with van der Waals surface area (Å²) in [6.45, 7) is 5.90. The SMILES string of the molecule is COc1cc(=C2C=c3sc(C(C)O)cc3=N2)[nH]c1=Cc1[nH]c(C)cc1C. The molecule has 4 rings (SSSR count). The highest BCUT2D eigenvalue weighted by atomic mass is 32.1. The van der Waals surface area contributed by atoms with Crippen molar-refractivity contribution in [3.63, 3.8) is 0 Å². The van der Waals surface area contributed by atoms with Crippen LogP contribution in [0.4, 0.5) is 0 Å². The van der Waals surface area contributed by atoms with E-state index < -0.39 is 6.10 Å². The Hall–Kier alpha value is -2.57. The van der Waals surface area contributed by atoms with Crippen molar-refractivity contribution in [3.8, 4) is 5.75 Å². The van der Waals surface area contributed by atoms with Crippen molar-refractivity contribution in [2.45, 2.75) is 26.9 Å². The van der Waals surface area contributed by atoms with Gasteiger partial charge in [0.05, 0.1) is 39.5 Å². The molecule has 1 unspecified atom stereocenters. The summed E-state index contributed by atoms with van der Waals surface area (Å²) >= 11 is 1.57. The number of hydrogen-bond acceptors (Lipinski definition) is 4. The summed E-state index contributed by atoms with van der Waals surface area (Å²) in [5.74, 6) is 0.780. The maximum absolute atomic E-state index is 9.72. The van der Waals surface area contributed by atoms with E-state index in [4.69, 9.17) is 9.73 Å². The highest BCUT2D eigenvalue weighted by Crippen LogP contribution is 2.15. The average molecular weight is 367 g/mol. The van der Waals surface area contributed by atoms with Crippen molar-refractivity contribution in [2.24, 2.45) is 4.99 Å². The minimum absolute atomic E-state index is 0.461. The molecule has 0 aliphatic carbocycles. The molecule has 26 heavy (non-hydrogen) atoms. The second kappa shape index (κ2) is 6.30. The van der Waals surface area contributed by atoms with E-state index in [-0.39, 0.29) is 0 Å². The second-order valence-corrected chi connectivity index (χ2v) is 7.69. The summed E-state index contributed by atoms with van der Waals surface area (Å²) in [4.78, 5) is 12.4. The summed E-state index contributed by atoms with van der Waals surface area (Å²) in [5.41, 5.74) is 4.26. The predicted octanol–water partition coefficient (Wildman–Crippen LogP) is 1.13. The summed E-state index contributed by atoms with van der Waals surface area (Å²) in [7, 11) is 1.67. The van der Waals surface area contributed by atoms with Crippen molar-refractivity contribution < 1.29 is 9.84 Å². The van der Waals surface area contributed by atoms with Gasteiger partial charge in [-0.15, -0.1) is 11.3 Å². The number of aromatic nitrogens is 2. The van der Waals surface area contributed by atoms with Crippen LogP contribution in [0.5, 0.6) is 5.75 Å². The fourth-order valence-electron chi connectivity index (χ4n) is 3.14. The largest absolute Gasteiger partial charge is 0.494 e. The summed E-state index contributed by atoms with van der Waals surface area (Å²) in [6.07, 6.45) is 3.64. The number of aryl methyl sites for hydroxylation is 2. The number of aliphatic hydroxyl groups is 1. The molecule has 0 spiro atoms. The van der Waals surface area contributed by atoms with Gasteiger partial charge >= 0.3 is 0 Å². The van der Waals surface area contributed by atoms with E-state index in [0.29, 0.717) is 0 Å². The first-order chi connectivity index (χ1) is 12.4. The zero-order chi connectivity index (χ0) is 18.4. The van der Waals surface area contributed by atoms with Gasteiger partial charge in [-0.05, 0) is 50.6 Å². The van der Waals surface area contributed by atoms with Gasteiger partial charge in [0.2, 0.25) is 0 Å². The number of rotatable bonds is 3. The highest BCUT2D eigenvalue weighted by Gasteiger charge is 2.11. The molecular weight excluding hydrogens is 346 g/mol. The lowest BCUT2D eigenvalue weighted by molar-refractivity contribution is 0.203. The Kier molecular flexibility index (Phi) is 4.09. The third-order valence-corrected chi connectivity index (χ3v) is 5.71. The fourth-order valence-corrected chi connectivity index (χ4v) is 4.12. The van der Waals surface area contributed by atoms with E-state index in [1.54, 1.807) is 25.4 Å². The lowest BCUT2D eigenvalue weighted by Crippen LogP contribution is -2.12. The maximum Gasteiger partial charge on any atom is 0.144 e. The molecule has 0 saturated carbocycles. The topological polar surface area (TPSA) is 73.4 Å². The van der Waals surface area contributed by atoms with Gasteiger partial charge in [-0.2, -0.15) is 0 Å². The predicted molar refractivity (Wildman–Crippen MR) is 104 cm³/mol. The van der Waals surface area contributed by atoms with E-state index in [9.17, 15) is 5.11 Å². The maximum atomic E-state index is 9.72. The van der Waals surface area contributed by atoms with Gasteiger partial charge in [0.25, 0.3) is 0 Å². The van der Waals surface area contributed by atoms with Crippen LogP contribution in [-0.2, 0) is 0 Å². The van der Waals surface area contributed by atoms with Gasteiger partial charge in [0, 0.05) is 22.3 Å². The lowest BCUT2D eigenvalue weighted by Gasteiger charge is -1.96. The first-order valence-electron chi connectivity index (χ1n) is 8.48. The quantitative estimate of drug-likeness (QED) is 0.649. The molecule has 0 bridgehead atoms. The summed E-state index contributed by atoms with van der Waals surface area (Å²) in [5, 5.41) is 12.4. The molecule has 0 aromatic carbocycles. The number of nitrogens with zero attached hydrogens (tertiary/aromatic N) is 1. The molecular formula is C20H21N3O2S. The van der Waals surface area contributed by atoms with Gasteiger partial charge in [0.1, 0.15) is 5.75 Å². The third kappa shape index (κ3) is 2.91. The molecule has 3 aromatic heterocycles. The standard InChI is InChI=1S/C20H21N3O2S/c1-10-5-11(2)21-13(10)6-16-18(25-4)7-14(22-16)15-8-20-17(23-15)9-19(26-20)12(3)24/h5-9,12,21-22,24H,1-4H3. The number of aliphatic hydroxyl groups excluding tert-OH is 1. The van der Waals surface area contributed by atoms with Gasteiger partial charge in [-0.3, -0.25) is 0 Å². The monoisotopic (exact) mass is 367 g/mol. The average Bonchev–Trinajstić information content (AvgIpc) is 3.30. The Morgan fingerprint density at radius 1 is 1.23 bits per heavy atom. The first kappa shape index (κ1) is 16.9. The Morgan fingerprint density at radius 3 is 2.65 bits per heavy atom. The van der Waals surface area contributed by atoms with Gasteiger partial charge in [-0.1, -0.05) is 0 Å². The Morgan fingerprint density at radius 2 is 2.04 bits per heavy atom. The number of aromatic amines is 2. The van der Waals surface area contributed by atoms with Crippen LogP contribution in [0.3, 0.4) is 0 Å². The van der Waals surface area contributed by atoms with Gasteiger partial charge in [-0.25, -0.2) is 4.99 Å². The van der Waals surface area contributed by atoms with Crippen molar-refractivity contribution in [1.29, 1.82) is 0 Å². The molecule has 1 aliphatic heterocycles. The van der Waals surface area contributed by atoms with Crippen molar-refractivity contribution >= 4 is 29.2 Å². The molecule has 3 N–H and O–H groups in total. The third-order valence-electron chi connectivity index (χ3n) is 4.46. The van der Waals surface area contributed by atoms with Gasteiger partial charge in [0.15, 0.2) is 0 Å². The molecule has 134 valence electrons. The summed E-state index contributed by atoms with van der Waals surface area (Å²) < 4.78 is 6.61. The Bertz CT molecular complexity index is 1190. The Balaban J connectivity index is 1.85. The lowest BCUT2D eigenvalue weighted by atomic mass is 10.2. The number of H-pyrrole nitrogens is 2. The van der Waals surface area contributed by atoms with Crippen LogP contribution >= 0.6 is 11.3 Å². The zero-order valence-corrected chi connectivity index (χ0v) is 16.0. The number of hydrogen-bond donors (Lipinski definition) is 3. The van der Waals surface area contributed by atoms with E-state index in [0.717, 1.165) is 48.3 Å². The fraction of sp³-hybridized carbons (Fsp3) is 0.250. The van der Waals surface area contributed by atoms with Crippen LogP contribution in [0.1, 0.15) is 34.9 Å². The van der Waals surface area contributed by atoms with Gasteiger partial charge < -0.3 is 19.8 Å². The molecule has 1 atom stereocenters. The number of ether oxygens (including phenoxy) is 1. The van der Waals surface area contributed by atoms with Crippen molar-refractivity contribution in [3.05, 3.63) is 60.6 Å². The molecule has 6 heteroatoms. The van der Waals surface area contributed by atoms with Crippen LogP contribution in [0.2, 0.25) is 0 Å². The minimum Gasteiger partial charge on any atom is -0.494 e. The molecule has 1 aliphatic rings. The van der Waals surface area contributed by atoms with Crippen molar-refractivity contribution in [2.75, 3.05) is 7.11 Å². The number of nitrogens with one attached hydrogen (secondary N) is 2.